The highest BCUT2D eigenvalue weighted by molar-refractivity contribution is 7.92. The van der Waals surface area contributed by atoms with Gasteiger partial charge in [-0.1, -0.05) is 0 Å². The zero-order valence-electron chi connectivity index (χ0n) is 16.6. The van der Waals surface area contributed by atoms with Crippen LogP contribution >= 0.6 is 0 Å². The molecule has 0 spiro atoms. The van der Waals surface area contributed by atoms with Crippen molar-refractivity contribution in [1.82, 2.24) is 4.98 Å². The van der Waals surface area contributed by atoms with E-state index in [0.717, 1.165) is 16.7 Å². The van der Waals surface area contributed by atoms with Gasteiger partial charge < -0.3 is 14.2 Å². The molecule has 0 unspecified atom stereocenters. The summed E-state index contributed by atoms with van der Waals surface area (Å²) in [5, 5.41) is 0. The summed E-state index contributed by atoms with van der Waals surface area (Å²) < 4.78 is 44.0. The van der Waals surface area contributed by atoms with Crippen molar-refractivity contribution in [2.45, 2.75) is 11.8 Å². The number of benzene rings is 2. The van der Waals surface area contributed by atoms with E-state index in [1.165, 1.54) is 33.5 Å². The molecule has 1 N–H and O–H groups in total. The van der Waals surface area contributed by atoms with Gasteiger partial charge in [-0.25, -0.2) is 8.42 Å². The lowest BCUT2D eigenvalue weighted by atomic mass is 10.0. The number of pyridine rings is 1. The van der Waals surface area contributed by atoms with Crippen LogP contribution in [-0.2, 0) is 10.0 Å². The summed E-state index contributed by atoms with van der Waals surface area (Å²) >= 11 is 0. The number of aromatic nitrogens is 1. The smallest absolute Gasteiger partial charge is 0.262 e. The third-order valence-electron chi connectivity index (χ3n) is 4.45. The van der Waals surface area contributed by atoms with Crippen LogP contribution in [0, 0.1) is 6.92 Å². The molecule has 0 atom stereocenters. The highest BCUT2D eigenvalue weighted by Gasteiger charge is 2.18. The molecule has 7 nitrogen and oxygen atoms in total. The standard InChI is InChI=1S/C21H22N2O5S/c1-14-9-10-22-13-18(14)17-7-5-15(11-20(17)27-3)23-29(24,25)16-6-8-19(26-2)21(12-16)28-4/h5-13,23H,1-4H3. The highest BCUT2D eigenvalue weighted by Crippen LogP contribution is 2.35. The molecule has 0 saturated heterocycles. The molecule has 3 aromatic rings. The Balaban J connectivity index is 1.95. The van der Waals surface area contributed by atoms with Gasteiger partial charge in [0.25, 0.3) is 10.0 Å². The molecule has 8 heteroatoms. The average molecular weight is 414 g/mol. The van der Waals surface area contributed by atoms with Gasteiger partial charge in [0.1, 0.15) is 5.75 Å². The molecule has 2 aromatic carbocycles. The summed E-state index contributed by atoms with van der Waals surface area (Å²) in [6.45, 7) is 1.98. The first-order valence-electron chi connectivity index (χ1n) is 8.73. The van der Waals surface area contributed by atoms with E-state index in [4.69, 9.17) is 14.2 Å². The molecule has 0 aliphatic carbocycles. The average Bonchev–Trinajstić information content (AvgIpc) is 2.73. The van der Waals surface area contributed by atoms with Gasteiger partial charge in [0.05, 0.1) is 31.9 Å². The second-order valence-corrected chi connectivity index (χ2v) is 7.91. The number of rotatable bonds is 7. The molecule has 0 amide bonds. The van der Waals surface area contributed by atoms with Crippen LogP contribution in [0.5, 0.6) is 17.2 Å². The SMILES string of the molecule is COc1ccc(S(=O)(=O)Nc2ccc(-c3cnccc3C)c(OC)c2)cc1OC. The maximum atomic E-state index is 12.8. The van der Waals surface area contributed by atoms with Gasteiger partial charge in [0, 0.05) is 35.7 Å². The third kappa shape index (κ3) is 4.27. The van der Waals surface area contributed by atoms with Crippen LogP contribution in [0.2, 0.25) is 0 Å². The summed E-state index contributed by atoms with van der Waals surface area (Å²) in [6, 6.07) is 11.4. The largest absolute Gasteiger partial charge is 0.496 e. The molecule has 29 heavy (non-hydrogen) atoms. The minimum atomic E-state index is -3.83. The van der Waals surface area contributed by atoms with Crippen molar-refractivity contribution in [3.8, 4) is 28.4 Å². The van der Waals surface area contributed by atoms with Crippen molar-refractivity contribution in [3.05, 3.63) is 60.4 Å². The summed E-state index contributed by atoms with van der Waals surface area (Å²) in [5.74, 6) is 1.31. The van der Waals surface area contributed by atoms with Crippen LogP contribution in [-0.4, -0.2) is 34.7 Å². The van der Waals surface area contributed by atoms with Gasteiger partial charge in [-0.05, 0) is 42.8 Å². The molecule has 0 aliphatic rings. The van der Waals surface area contributed by atoms with Crippen molar-refractivity contribution in [3.63, 3.8) is 0 Å². The summed E-state index contributed by atoms with van der Waals surface area (Å²) in [6.07, 6.45) is 3.47. The molecule has 1 heterocycles. The fourth-order valence-corrected chi connectivity index (χ4v) is 3.99. The van der Waals surface area contributed by atoms with Crippen LogP contribution in [0.25, 0.3) is 11.1 Å². The van der Waals surface area contributed by atoms with E-state index < -0.39 is 10.0 Å². The van der Waals surface area contributed by atoms with Crippen molar-refractivity contribution >= 4 is 15.7 Å². The fraction of sp³-hybridized carbons (Fsp3) is 0.190. The van der Waals surface area contributed by atoms with Crippen molar-refractivity contribution in [1.29, 1.82) is 0 Å². The predicted octanol–water partition coefficient (Wildman–Crippen LogP) is 3.88. The Hall–Kier alpha value is -3.26. The first kappa shape index (κ1) is 20.5. The van der Waals surface area contributed by atoms with E-state index in [-0.39, 0.29) is 4.90 Å². The molecule has 152 valence electrons. The quantitative estimate of drug-likeness (QED) is 0.631. The molecule has 0 bridgehead atoms. The zero-order valence-corrected chi connectivity index (χ0v) is 17.4. The zero-order chi connectivity index (χ0) is 21.0. The summed E-state index contributed by atoms with van der Waals surface area (Å²) in [7, 11) is 0.642. The Morgan fingerprint density at radius 1 is 0.828 bits per heavy atom. The number of nitrogens with zero attached hydrogens (tertiary/aromatic N) is 1. The lowest BCUT2D eigenvalue weighted by molar-refractivity contribution is 0.354. The number of methoxy groups -OCH3 is 3. The number of hydrogen-bond donors (Lipinski definition) is 1. The van der Waals surface area contributed by atoms with Gasteiger partial charge >= 0.3 is 0 Å². The Morgan fingerprint density at radius 2 is 1.55 bits per heavy atom. The van der Waals surface area contributed by atoms with Gasteiger partial charge in [-0.15, -0.1) is 0 Å². The first-order valence-corrected chi connectivity index (χ1v) is 10.2. The number of anilines is 1. The van der Waals surface area contributed by atoms with E-state index >= 15 is 0 Å². The van der Waals surface area contributed by atoms with Crippen LogP contribution < -0.4 is 18.9 Å². The fourth-order valence-electron chi connectivity index (χ4n) is 2.92. The monoisotopic (exact) mass is 414 g/mol. The number of ether oxygens (including phenoxy) is 3. The van der Waals surface area contributed by atoms with Crippen LogP contribution in [0.3, 0.4) is 0 Å². The predicted molar refractivity (Wildman–Crippen MR) is 111 cm³/mol. The van der Waals surface area contributed by atoms with Crippen molar-refractivity contribution in [2.24, 2.45) is 0 Å². The van der Waals surface area contributed by atoms with E-state index in [1.807, 2.05) is 13.0 Å². The van der Waals surface area contributed by atoms with Crippen molar-refractivity contribution in [2.75, 3.05) is 26.1 Å². The molecule has 3 rings (SSSR count). The first-order chi connectivity index (χ1) is 13.9. The van der Waals surface area contributed by atoms with E-state index in [9.17, 15) is 8.42 Å². The second-order valence-electron chi connectivity index (χ2n) is 6.23. The number of hydrogen-bond acceptors (Lipinski definition) is 6. The molecular formula is C21H22N2O5S. The number of aryl methyl sites for hydroxylation is 1. The lowest BCUT2D eigenvalue weighted by Crippen LogP contribution is -2.13. The van der Waals surface area contributed by atoms with Gasteiger partial charge in [-0.2, -0.15) is 0 Å². The Kier molecular flexibility index (Phi) is 5.93. The molecule has 0 radical (unpaired) electrons. The number of nitrogens with one attached hydrogen (secondary N) is 1. The molecule has 0 aliphatic heterocycles. The maximum Gasteiger partial charge on any atom is 0.262 e. The van der Waals surface area contributed by atoms with Crippen LogP contribution in [0.4, 0.5) is 5.69 Å². The highest BCUT2D eigenvalue weighted by atomic mass is 32.2. The van der Waals surface area contributed by atoms with Crippen molar-refractivity contribution < 1.29 is 22.6 Å². The van der Waals surface area contributed by atoms with Gasteiger partial charge in [-0.3, -0.25) is 9.71 Å². The lowest BCUT2D eigenvalue weighted by Gasteiger charge is -2.14. The molecule has 0 fully saturated rings. The maximum absolute atomic E-state index is 12.8. The van der Waals surface area contributed by atoms with E-state index in [1.54, 1.807) is 36.7 Å². The van der Waals surface area contributed by atoms with Crippen LogP contribution in [0.15, 0.2) is 59.8 Å². The van der Waals surface area contributed by atoms with Gasteiger partial charge in [0.2, 0.25) is 0 Å². The molecule has 0 saturated carbocycles. The van der Waals surface area contributed by atoms with Gasteiger partial charge in [0.15, 0.2) is 11.5 Å². The summed E-state index contributed by atoms with van der Waals surface area (Å²) in [5.41, 5.74) is 3.16. The summed E-state index contributed by atoms with van der Waals surface area (Å²) in [4.78, 5) is 4.22. The topological polar surface area (TPSA) is 86.8 Å². The minimum Gasteiger partial charge on any atom is -0.496 e. The third-order valence-corrected chi connectivity index (χ3v) is 5.83. The Morgan fingerprint density at radius 3 is 2.21 bits per heavy atom. The minimum absolute atomic E-state index is 0.0568. The Bertz CT molecular complexity index is 1130. The normalized spacial score (nSPS) is 11.0. The molecule has 1 aromatic heterocycles. The van der Waals surface area contributed by atoms with E-state index in [0.29, 0.717) is 22.9 Å². The van der Waals surface area contributed by atoms with E-state index in [2.05, 4.69) is 9.71 Å². The van der Waals surface area contributed by atoms with Crippen LogP contribution in [0.1, 0.15) is 5.56 Å². The second kappa shape index (κ2) is 8.40. The molecular weight excluding hydrogens is 392 g/mol. The Labute approximate surface area is 170 Å². The number of sulfonamides is 1.